The lowest BCUT2D eigenvalue weighted by atomic mass is 10.1. The molecule has 2 nitrogen and oxygen atoms in total. The predicted molar refractivity (Wildman–Crippen MR) is 58.2 cm³/mol. The molecule has 0 atom stereocenters. The van der Waals surface area contributed by atoms with Gasteiger partial charge in [-0.05, 0) is 35.9 Å². The summed E-state index contributed by atoms with van der Waals surface area (Å²) in [6, 6.07) is 7.29. The molecule has 0 unspecified atom stereocenters. The van der Waals surface area contributed by atoms with E-state index in [2.05, 4.69) is 0 Å². The fourth-order valence-electron chi connectivity index (χ4n) is 1.38. The van der Waals surface area contributed by atoms with Gasteiger partial charge in [-0.3, -0.25) is 4.79 Å². The molecule has 0 N–H and O–H groups in total. The van der Waals surface area contributed by atoms with E-state index in [1.165, 1.54) is 24.5 Å². The van der Waals surface area contributed by atoms with Crippen molar-refractivity contribution in [2.45, 2.75) is 6.42 Å². The standard InChI is InChI=1S/C12H8ClFO2/c13-9-3-4-10(14)8(6-9)7-11(15)12-2-1-5-16-12/h1-6H,7H2. The number of hydrogen-bond donors (Lipinski definition) is 0. The SMILES string of the molecule is O=C(Cc1cc(Cl)ccc1F)c1ccco1. The molecule has 16 heavy (non-hydrogen) atoms. The highest BCUT2D eigenvalue weighted by atomic mass is 35.5. The number of benzene rings is 1. The Morgan fingerprint density at radius 2 is 2.19 bits per heavy atom. The van der Waals surface area contributed by atoms with E-state index in [0.717, 1.165) is 0 Å². The van der Waals surface area contributed by atoms with Crippen LogP contribution < -0.4 is 0 Å². The minimum Gasteiger partial charge on any atom is -0.461 e. The fourth-order valence-corrected chi connectivity index (χ4v) is 1.57. The molecule has 0 aliphatic carbocycles. The zero-order valence-corrected chi connectivity index (χ0v) is 9.00. The van der Waals surface area contributed by atoms with E-state index < -0.39 is 5.82 Å². The smallest absolute Gasteiger partial charge is 0.202 e. The number of hydrogen-bond acceptors (Lipinski definition) is 2. The minimum atomic E-state index is -0.440. The summed E-state index contributed by atoms with van der Waals surface area (Å²) in [6.45, 7) is 0. The number of Topliss-reactive ketones (excluding diaryl/α,β-unsaturated/α-hetero) is 1. The van der Waals surface area contributed by atoms with Crippen LogP contribution in [0.2, 0.25) is 5.02 Å². The van der Waals surface area contributed by atoms with Gasteiger partial charge in [0.05, 0.1) is 6.26 Å². The van der Waals surface area contributed by atoms with Crippen LogP contribution in [0.5, 0.6) is 0 Å². The maximum absolute atomic E-state index is 13.3. The Morgan fingerprint density at radius 1 is 1.38 bits per heavy atom. The third-order valence-electron chi connectivity index (χ3n) is 2.15. The molecule has 0 aliphatic heterocycles. The quantitative estimate of drug-likeness (QED) is 0.766. The van der Waals surface area contributed by atoms with Crippen molar-refractivity contribution >= 4 is 17.4 Å². The lowest BCUT2D eigenvalue weighted by Crippen LogP contribution is -2.03. The van der Waals surface area contributed by atoms with Gasteiger partial charge >= 0.3 is 0 Å². The van der Waals surface area contributed by atoms with E-state index in [-0.39, 0.29) is 23.5 Å². The van der Waals surface area contributed by atoms with Crippen LogP contribution in [0.15, 0.2) is 41.0 Å². The minimum absolute atomic E-state index is 0.0556. The van der Waals surface area contributed by atoms with Crippen molar-refractivity contribution in [3.05, 3.63) is 58.8 Å². The molecule has 0 radical (unpaired) electrons. The molecule has 0 bridgehead atoms. The number of furan rings is 1. The molecule has 0 aliphatic rings. The van der Waals surface area contributed by atoms with Crippen molar-refractivity contribution in [1.29, 1.82) is 0 Å². The molecule has 0 saturated heterocycles. The zero-order chi connectivity index (χ0) is 11.5. The topological polar surface area (TPSA) is 30.2 Å². The molecule has 2 aromatic rings. The van der Waals surface area contributed by atoms with Crippen molar-refractivity contribution in [2.75, 3.05) is 0 Å². The molecule has 2 rings (SSSR count). The first kappa shape index (κ1) is 10.9. The summed E-state index contributed by atoms with van der Waals surface area (Å²) in [7, 11) is 0. The maximum atomic E-state index is 13.3. The number of rotatable bonds is 3. The van der Waals surface area contributed by atoms with Gasteiger partial charge in [0.25, 0.3) is 0 Å². The highest BCUT2D eigenvalue weighted by Crippen LogP contribution is 2.17. The van der Waals surface area contributed by atoms with Gasteiger partial charge in [-0.2, -0.15) is 0 Å². The summed E-state index contributed by atoms with van der Waals surface area (Å²) in [5.74, 6) is -0.491. The third kappa shape index (κ3) is 2.31. The first-order valence-electron chi connectivity index (χ1n) is 4.67. The molecule has 82 valence electrons. The van der Waals surface area contributed by atoms with Crippen molar-refractivity contribution in [3.63, 3.8) is 0 Å². The van der Waals surface area contributed by atoms with E-state index in [0.29, 0.717) is 5.02 Å². The summed E-state index contributed by atoms with van der Waals surface area (Å²) >= 11 is 5.72. The van der Waals surface area contributed by atoms with Crippen LogP contribution in [-0.4, -0.2) is 5.78 Å². The van der Waals surface area contributed by atoms with Crippen LogP contribution in [0.3, 0.4) is 0 Å². The van der Waals surface area contributed by atoms with Gasteiger partial charge in [-0.15, -0.1) is 0 Å². The van der Waals surface area contributed by atoms with Crippen LogP contribution >= 0.6 is 11.6 Å². The lowest BCUT2D eigenvalue weighted by Gasteiger charge is -2.01. The van der Waals surface area contributed by atoms with Crippen molar-refractivity contribution in [2.24, 2.45) is 0 Å². The molecule has 4 heteroatoms. The lowest BCUT2D eigenvalue weighted by molar-refractivity contribution is 0.0965. The van der Waals surface area contributed by atoms with E-state index in [1.54, 1.807) is 12.1 Å². The summed E-state index contributed by atoms with van der Waals surface area (Å²) in [4.78, 5) is 11.6. The third-order valence-corrected chi connectivity index (χ3v) is 2.39. The van der Waals surface area contributed by atoms with Crippen molar-refractivity contribution in [1.82, 2.24) is 0 Å². The fraction of sp³-hybridized carbons (Fsp3) is 0.0833. The van der Waals surface area contributed by atoms with Gasteiger partial charge in [-0.1, -0.05) is 11.6 Å². The van der Waals surface area contributed by atoms with Gasteiger partial charge in [-0.25, -0.2) is 4.39 Å². The van der Waals surface area contributed by atoms with Gasteiger partial charge in [0.15, 0.2) is 5.76 Å². The van der Waals surface area contributed by atoms with Crippen molar-refractivity contribution in [3.8, 4) is 0 Å². The van der Waals surface area contributed by atoms with Crippen LogP contribution in [0.1, 0.15) is 16.1 Å². The summed E-state index contributed by atoms with van der Waals surface area (Å²) < 4.78 is 18.3. The average Bonchev–Trinajstić information content (AvgIpc) is 2.76. The molecular formula is C12H8ClFO2. The Kier molecular flexibility index (Phi) is 3.06. The highest BCUT2D eigenvalue weighted by molar-refractivity contribution is 6.30. The maximum Gasteiger partial charge on any atom is 0.202 e. The number of halogens is 2. The van der Waals surface area contributed by atoms with Gasteiger partial charge < -0.3 is 4.42 Å². The van der Waals surface area contributed by atoms with E-state index in [1.807, 2.05) is 0 Å². The average molecular weight is 239 g/mol. The molecule has 0 amide bonds. The molecule has 0 fully saturated rings. The normalized spacial score (nSPS) is 10.4. The van der Waals surface area contributed by atoms with Crippen LogP contribution in [0.4, 0.5) is 4.39 Å². The number of carbonyl (C=O) groups is 1. The Morgan fingerprint density at radius 3 is 2.88 bits per heavy atom. The van der Waals surface area contributed by atoms with Gasteiger partial charge in [0, 0.05) is 11.4 Å². The number of ketones is 1. The molecule has 1 aromatic carbocycles. The van der Waals surface area contributed by atoms with E-state index >= 15 is 0 Å². The van der Waals surface area contributed by atoms with E-state index in [9.17, 15) is 9.18 Å². The summed E-state index contributed by atoms with van der Waals surface area (Å²) in [5, 5.41) is 0.406. The molecule has 1 heterocycles. The van der Waals surface area contributed by atoms with Gasteiger partial charge in [0.2, 0.25) is 5.78 Å². The summed E-state index contributed by atoms with van der Waals surface area (Å²) in [5.41, 5.74) is 0.272. The largest absolute Gasteiger partial charge is 0.461 e. The van der Waals surface area contributed by atoms with Crippen LogP contribution in [0, 0.1) is 5.82 Å². The molecule has 0 saturated carbocycles. The first-order chi connectivity index (χ1) is 7.66. The monoisotopic (exact) mass is 238 g/mol. The second-order valence-electron chi connectivity index (χ2n) is 3.31. The van der Waals surface area contributed by atoms with Crippen LogP contribution in [-0.2, 0) is 6.42 Å². The second kappa shape index (κ2) is 4.49. The van der Waals surface area contributed by atoms with Gasteiger partial charge in [0.1, 0.15) is 5.82 Å². The van der Waals surface area contributed by atoms with Crippen LogP contribution in [0.25, 0.3) is 0 Å². The zero-order valence-electron chi connectivity index (χ0n) is 8.24. The molecule has 0 spiro atoms. The summed E-state index contributed by atoms with van der Waals surface area (Å²) in [6.07, 6.45) is 1.35. The Bertz CT molecular complexity index is 506. The molecule has 1 aromatic heterocycles. The second-order valence-corrected chi connectivity index (χ2v) is 3.75. The predicted octanol–water partition coefficient (Wildman–Crippen LogP) is 3.50. The molecular weight excluding hydrogens is 231 g/mol. The van der Waals surface area contributed by atoms with E-state index in [4.69, 9.17) is 16.0 Å². The first-order valence-corrected chi connectivity index (χ1v) is 5.05. The Balaban J connectivity index is 2.21. The Labute approximate surface area is 96.6 Å². The van der Waals surface area contributed by atoms with Crippen molar-refractivity contribution < 1.29 is 13.6 Å². The highest BCUT2D eigenvalue weighted by Gasteiger charge is 2.12. The Hall–Kier alpha value is -1.61. The number of carbonyl (C=O) groups excluding carboxylic acids is 1.